The SMILES string of the molecule is CCn1nccc1CN1CCCC(N)C1. The average Bonchev–Trinajstić information content (AvgIpc) is 2.65. The molecule has 1 aromatic heterocycles. The molecule has 0 aromatic carbocycles. The number of likely N-dealkylation sites (tertiary alicyclic amines) is 1. The Morgan fingerprint density at radius 2 is 2.47 bits per heavy atom. The van der Waals surface area contributed by atoms with Crippen LogP contribution >= 0.6 is 0 Å². The third-order valence-corrected chi connectivity index (χ3v) is 3.03. The highest BCUT2D eigenvalue weighted by molar-refractivity contribution is 5.00. The number of aryl methyl sites for hydroxylation is 1. The van der Waals surface area contributed by atoms with Gasteiger partial charge in [-0.1, -0.05) is 0 Å². The van der Waals surface area contributed by atoms with Gasteiger partial charge >= 0.3 is 0 Å². The average molecular weight is 208 g/mol. The normalized spacial score (nSPS) is 23.2. The number of aromatic nitrogens is 2. The molecule has 2 N–H and O–H groups in total. The maximum absolute atomic E-state index is 5.96. The Bertz CT molecular complexity index is 307. The maximum Gasteiger partial charge on any atom is 0.0524 e. The van der Waals surface area contributed by atoms with Crippen LogP contribution in [0.1, 0.15) is 25.5 Å². The Morgan fingerprint density at radius 1 is 1.60 bits per heavy atom. The number of nitrogens with two attached hydrogens (primary N) is 1. The van der Waals surface area contributed by atoms with Gasteiger partial charge in [0, 0.05) is 31.9 Å². The first-order valence-corrected chi connectivity index (χ1v) is 5.78. The molecule has 4 nitrogen and oxygen atoms in total. The maximum atomic E-state index is 5.96. The molecule has 0 saturated carbocycles. The quantitative estimate of drug-likeness (QED) is 0.800. The molecule has 1 aromatic rings. The van der Waals surface area contributed by atoms with Gasteiger partial charge in [0.15, 0.2) is 0 Å². The van der Waals surface area contributed by atoms with Crippen molar-refractivity contribution in [3.05, 3.63) is 18.0 Å². The smallest absolute Gasteiger partial charge is 0.0524 e. The van der Waals surface area contributed by atoms with E-state index in [1.807, 2.05) is 6.20 Å². The van der Waals surface area contributed by atoms with E-state index in [2.05, 4.69) is 27.7 Å². The summed E-state index contributed by atoms with van der Waals surface area (Å²) in [6, 6.07) is 2.46. The Morgan fingerprint density at radius 3 is 3.20 bits per heavy atom. The lowest BCUT2D eigenvalue weighted by molar-refractivity contribution is 0.196. The highest BCUT2D eigenvalue weighted by Crippen LogP contribution is 2.12. The van der Waals surface area contributed by atoms with E-state index in [-0.39, 0.29) is 0 Å². The van der Waals surface area contributed by atoms with Crippen LogP contribution in [0.3, 0.4) is 0 Å². The van der Waals surface area contributed by atoms with Crippen molar-refractivity contribution in [3.63, 3.8) is 0 Å². The molecule has 84 valence electrons. The van der Waals surface area contributed by atoms with Gasteiger partial charge in [0.25, 0.3) is 0 Å². The molecule has 2 heterocycles. The minimum Gasteiger partial charge on any atom is -0.327 e. The summed E-state index contributed by atoms with van der Waals surface area (Å²) < 4.78 is 2.06. The fraction of sp³-hybridized carbons (Fsp3) is 0.727. The van der Waals surface area contributed by atoms with Crippen molar-refractivity contribution in [2.75, 3.05) is 13.1 Å². The summed E-state index contributed by atoms with van der Waals surface area (Å²) in [5.41, 5.74) is 7.26. The minimum absolute atomic E-state index is 0.358. The Kier molecular flexibility index (Phi) is 3.38. The highest BCUT2D eigenvalue weighted by atomic mass is 15.3. The fourth-order valence-corrected chi connectivity index (χ4v) is 2.24. The number of nitrogens with zero attached hydrogens (tertiary/aromatic N) is 3. The second kappa shape index (κ2) is 4.77. The van der Waals surface area contributed by atoms with E-state index in [9.17, 15) is 0 Å². The van der Waals surface area contributed by atoms with Crippen LogP contribution in [0.4, 0.5) is 0 Å². The Balaban J connectivity index is 1.96. The van der Waals surface area contributed by atoms with Crippen molar-refractivity contribution in [2.45, 2.75) is 38.9 Å². The van der Waals surface area contributed by atoms with Gasteiger partial charge in [-0.15, -0.1) is 0 Å². The van der Waals surface area contributed by atoms with E-state index in [1.54, 1.807) is 0 Å². The molecule has 0 aliphatic carbocycles. The fourth-order valence-electron chi connectivity index (χ4n) is 2.24. The molecule has 0 amide bonds. The molecule has 1 unspecified atom stereocenters. The Labute approximate surface area is 91.1 Å². The summed E-state index contributed by atoms with van der Waals surface area (Å²) in [4.78, 5) is 2.43. The minimum atomic E-state index is 0.358. The van der Waals surface area contributed by atoms with Crippen LogP contribution in [0.15, 0.2) is 12.3 Å². The first-order chi connectivity index (χ1) is 7.29. The van der Waals surface area contributed by atoms with Gasteiger partial charge in [-0.2, -0.15) is 5.10 Å². The first-order valence-electron chi connectivity index (χ1n) is 5.78. The molecule has 0 spiro atoms. The molecule has 1 atom stereocenters. The lowest BCUT2D eigenvalue weighted by Crippen LogP contribution is -2.42. The molecule has 1 aliphatic rings. The molecule has 1 aliphatic heterocycles. The van der Waals surface area contributed by atoms with Crippen molar-refractivity contribution in [3.8, 4) is 0 Å². The predicted octanol–water partition coefficient (Wildman–Crippen LogP) is 0.826. The lowest BCUT2D eigenvalue weighted by atomic mass is 10.1. The molecule has 2 rings (SSSR count). The van der Waals surface area contributed by atoms with Gasteiger partial charge in [0.05, 0.1) is 5.69 Å². The van der Waals surface area contributed by atoms with Crippen molar-refractivity contribution in [2.24, 2.45) is 5.73 Å². The van der Waals surface area contributed by atoms with Crippen molar-refractivity contribution < 1.29 is 0 Å². The summed E-state index contributed by atoms with van der Waals surface area (Å²) in [6.07, 6.45) is 4.27. The monoisotopic (exact) mass is 208 g/mol. The number of hydrogen-bond donors (Lipinski definition) is 1. The topological polar surface area (TPSA) is 47.1 Å². The van der Waals surface area contributed by atoms with Crippen LogP contribution in [0, 0.1) is 0 Å². The lowest BCUT2D eigenvalue weighted by Gasteiger charge is -2.30. The standard InChI is InChI=1S/C11H20N4/c1-2-15-11(5-6-13-15)9-14-7-3-4-10(12)8-14/h5-6,10H,2-4,7-9,12H2,1H3. The second-order valence-corrected chi connectivity index (χ2v) is 4.28. The number of rotatable bonds is 3. The summed E-state index contributed by atoms with van der Waals surface area (Å²) in [5, 5.41) is 4.28. The molecule has 4 heteroatoms. The van der Waals surface area contributed by atoms with Crippen LogP contribution in [-0.2, 0) is 13.1 Å². The van der Waals surface area contributed by atoms with Crippen LogP contribution in [0.25, 0.3) is 0 Å². The molecule has 0 radical (unpaired) electrons. The summed E-state index contributed by atoms with van der Waals surface area (Å²) in [5.74, 6) is 0. The van der Waals surface area contributed by atoms with Crippen molar-refractivity contribution in [1.82, 2.24) is 14.7 Å². The van der Waals surface area contributed by atoms with Crippen LogP contribution in [-0.4, -0.2) is 33.8 Å². The van der Waals surface area contributed by atoms with E-state index in [4.69, 9.17) is 5.73 Å². The van der Waals surface area contributed by atoms with E-state index in [0.29, 0.717) is 6.04 Å². The van der Waals surface area contributed by atoms with Crippen LogP contribution in [0.5, 0.6) is 0 Å². The van der Waals surface area contributed by atoms with Crippen molar-refractivity contribution in [1.29, 1.82) is 0 Å². The zero-order valence-corrected chi connectivity index (χ0v) is 9.39. The zero-order chi connectivity index (χ0) is 10.7. The van der Waals surface area contributed by atoms with Gasteiger partial charge in [0.1, 0.15) is 0 Å². The number of piperidine rings is 1. The number of hydrogen-bond acceptors (Lipinski definition) is 3. The van der Waals surface area contributed by atoms with E-state index < -0.39 is 0 Å². The third kappa shape index (κ3) is 2.58. The highest BCUT2D eigenvalue weighted by Gasteiger charge is 2.17. The predicted molar refractivity (Wildman–Crippen MR) is 60.4 cm³/mol. The molecular formula is C11H20N4. The Hall–Kier alpha value is -0.870. The summed E-state index contributed by atoms with van der Waals surface area (Å²) in [7, 11) is 0. The molecule has 15 heavy (non-hydrogen) atoms. The van der Waals surface area contributed by atoms with Crippen LogP contribution in [0.2, 0.25) is 0 Å². The van der Waals surface area contributed by atoms with Crippen LogP contribution < -0.4 is 5.73 Å². The van der Waals surface area contributed by atoms with Gasteiger partial charge in [0.2, 0.25) is 0 Å². The van der Waals surface area contributed by atoms with Crippen molar-refractivity contribution >= 4 is 0 Å². The second-order valence-electron chi connectivity index (χ2n) is 4.28. The van der Waals surface area contributed by atoms with E-state index >= 15 is 0 Å². The summed E-state index contributed by atoms with van der Waals surface area (Å²) in [6.45, 7) is 6.25. The van der Waals surface area contributed by atoms with E-state index in [0.717, 1.165) is 19.6 Å². The van der Waals surface area contributed by atoms with E-state index in [1.165, 1.54) is 25.1 Å². The van der Waals surface area contributed by atoms with Gasteiger partial charge in [-0.25, -0.2) is 0 Å². The summed E-state index contributed by atoms with van der Waals surface area (Å²) >= 11 is 0. The first kappa shape index (κ1) is 10.6. The molecule has 1 saturated heterocycles. The molecule has 1 fully saturated rings. The molecular weight excluding hydrogens is 188 g/mol. The molecule has 0 bridgehead atoms. The largest absolute Gasteiger partial charge is 0.327 e. The van der Waals surface area contributed by atoms with Gasteiger partial charge < -0.3 is 5.73 Å². The van der Waals surface area contributed by atoms with Gasteiger partial charge in [-0.3, -0.25) is 9.58 Å². The van der Waals surface area contributed by atoms with Gasteiger partial charge in [-0.05, 0) is 32.4 Å². The third-order valence-electron chi connectivity index (χ3n) is 3.03. The zero-order valence-electron chi connectivity index (χ0n) is 9.39.